The fourth-order valence-corrected chi connectivity index (χ4v) is 4.94. The minimum atomic E-state index is -3.33. The van der Waals surface area contributed by atoms with Gasteiger partial charge in [-0.05, 0) is 42.9 Å². The topological polar surface area (TPSA) is 115 Å². The molecular weight excluding hydrogens is 454 g/mol. The van der Waals surface area contributed by atoms with Crippen molar-refractivity contribution in [3.05, 3.63) is 40.9 Å². The van der Waals surface area contributed by atoms with E-state index in [1.807, 2.05) is 0 Å². The first-order valence-electron chi connectivity index (χ1n) is 10.2. The lowest BCUT2D eigenvalue weighted by Gasteiger charge is -2.26. The summed E-state index contributed by atoms with van der Waals surface area (Å²) >= 11 is 1.06. The Balaban J connectivity index is 1.80. The minimum Gasteiger partial charge on any atom is -0.381 e. The molecule has 2 amide bonds. The summed E-state index contributed by atoms with van der Waals surface area (Å²) in [4.78, 5) is 35.0. The molecule has 1 N–H and O–H groups in total. The Morgan fingerprint density at radius 1 is 1.28 bits per heavy atom. The number of hydrogen-bond acceptors (Lipinski definition) is 8. The van der Waals surface area contributed by atoms with Crippen LogP contribution in [-0.2, 0) is 24.2 Å². The molecule has 1 fully saturated rings. The van der Waals surface area contributed by atoms with E-state index in [2.05, 4.69) is 10.3 Å². The van der Waals surface area contributed by atoms with Crippen molar-refractivity contribution in [2.24, 2.45) is 5.92 Å². The SMILES string of the molecule is CON(C)C(=O)c1cnc(NC(=O)C(CC2CCOCC2)c2ccc(S(C)(=O)=O)cc2)s1. The van der Waals surface area contributed by atoms with Crippen LogP contribution in [0.1, 0.15) is 40.4 Å². The number of thiazole rings is 1. The third-order valence-electron chi connectivity index (χ3n) is 5.44. The van der Waals surface area contributed by atoms with Gasteiger partial charge in [-0.25, -0.2) is 18.5 Å². The fourth-order valence-electron chi connectivity index (χ4n) is 3.52. The molecule has 9 nitrogen and oxygen atoms in total. The lowest BCUT2D eigenvalue weighted by atomic mass is 9.84. The number of aromatic nitrogens is 1. The maximum atomic E-state index is 13.2. The monoisotopic (exact) mass is 481 g/mol. The molecule has 1 aliphatic rings. The van der Waals surface area contributed by atoms with Crippen molar-refractivity contribution >= 4 is 38.1 Å². The molecule has 0 aliphatic carbocycles. The van der Waals surface area contributed by atoms with Crippen LogP contribution in [0.3, 0.4) is 0 Å². The van der Waals surface area contributed by atoms with Gasteiger partial charge in [0.15, 0.2) is 15.0 Å². The molecule has 2 aromatic rings. The van der Waals surface area contributed by atoms with Gasteiger partial charge in [0.05, 0.1) is 24.1 Å². The first-order valence-corrected chi connectivity index (χ1v) is 12.9. The summed E-state index contributed by atoms with van der Waals surface area (Å²) in [6.45, 7) is 1.33. The van der Waals surface area contributed by atoms with Crippen molar-refractivity contribution in [2.75, 3.05) is 38.9 Å². The number of amides is 2. The average Bonchev–Trinajstić information content (AvgIpc) is 3.25. The van der Waals surface area contributed by atoms with Crippen LogP contribution in [-0.4, -0.2) is 63.9 Å². The van der Waals surface area contributed by atoms with Crippen LogP contribution in [0.15, 0.2) is 35.4 Å². The Kier molecular flexibility index (Phi) is 7.99. The Labute approximate surface area is 191 Å². The van der Waals surface area contributed by atoms with Gasteiger partial charge in [0.25, 0.3) is 5.91 Å². The van der Waals surface area contributed by atoms with Gasteiger partial charge in [0, 0.05) is 26.5 Å². The normalized spacial score (nSPS) is 15.8. The Bertz CT molecular complexity index is 1050. The van der Waals surface area contributed by atoms with Crippen LogP contribution < -0.4 is 5.32 Å². The highest BCUT2D eigenvalue weighted by molar-refractivity contribution is 7.90. The van der Waals surface area contributed by atoms with Crippen molar-refractivity contribution in [2.45, 2.75) is 30.1 Å². The predicted molar refractivity (Wildman–Crippen MR) is 120 cm³/mol. The highest BCUT2D eigenvalue weighted by atomic mass is 32.2. The lowest BCUT2D eigenvalue weighted by Crippen LogP contribution is -2.26. The molecule has 0 spiro atoms. The second-order valence-corrected chi connectivity index (χ2v) is 10.7. The molecule has 174 valence electrons. The standard InChI is InChI=1S/C21H27N3O6S2/c1-24(29-2)20(26)18-13-22-21(31-18)23-19(25)17(12-14-8-10-30-11-9-14)15-4-6-16(7-5-15)32(3,27)28/h4-7,13-14,17H,8-12H2,1-3H3,(H,22,23,25). The number of ether oxygens (including phenoxy) is 1. The van der Waals surface area contributed by atoms with Crippen molar-refractivity contribution in [3.8, 4) is 0 Å². The molecule has 1 atom stereocenters. The number of carbonyl (C=O) groups excluding carboxylic acids is 2. The molecule has 2 heterocycles. The lowest BCUT2D eigenvalue weighted by molar-refractivity contribution is -0.118. The summed E-state index contributed by atoms with van der Waals surface area (Å²) in [5, 5.41) is 4.21. The van der Waals surface area contributed by atoms with E-state index in [-0.39, 0.29) is 16.7 Å². The fraction of sp³-hybridized carbons (Fsp3) is 0.476. The Morgan fingerprint density at radius 2 is 1.94 bits per heavy atom. The second-order valence-electron chi connectivity index (χ2n) is 7.69. The molecule has 0 radical (unpaired) electrons. The number of nitrogens with zero attached hydrogens (tertiary/aromatic N) is 2. The zero-order chi connectivity index (χ0) is 23.3. The number of hydrogen-bond donors (Lipinski definition) is 1. The average molecular weight is 482 g/mol. The molecule has 32 heavy (non-hydrogen) atoms. The van der Waals surface area contributed by atoms with Gasteiger partial charge in [0.1, 0.15) is 4.88 Å². The number of sulfone groups is 1. The molecule has 0 bridgehead atoms. The van der Waals surface area contributed by atoms with E-state index >= 15 is 0 Å². The van der Waals surface area contributed by atoms with Crippen LogP contribution in [0.2, 0.25) is 0 Å². The molecule has 1 aromatic carbocycles. The highest BCUT2D eigenvalue weighted by Crippen LogP contribution is 2.32. The van der Waals surface area contributed by atoms with E-state index in [9.17, 15) is 18.0 Å². The van der Waals surface area contributed by atoms with Gasteiger partial charge >= 0.3 is 0 Å². The summed E-state index contributed by atoms with van der Waals surface area (Å²) in [6.07, 6.45) is 4.88. The molecule has 1 saturated heterocycles. The molecule has 1 unspecified atom stereocenters. The third-order valence-corrected chi connectivity index (χ3v) is 7.47. The van der Waals surface area contributed by atoms with Crippen molar-refractivity contribution < 1.29 is 27.6 Å². The van der Waals surface area contributed by atoms with Gasteiger partial charge < -0.3 is 10.1 Å². The summed E-state index contributed by atoms with van der Waals surface area (Å²) in [5.41, 5.74) is 0.730. The molecule has 11 heteroatoms. The van der Waals surface area contributed by atoms with Gasteiger partial charge in [-0.3, -0.25) is 14.4 Å². The number of rotatable bonds is 8. The quantitative estimate of drug-likeness (QED) is 0.577. The van der Waals surface area contributed by atoms with Crippen LogP contribution in [0.4, 0.5) is 5.13 Å². The molecule has 1 aromatic heterocycles. The van der Waals surface area contributed by atoms with Crippen LogP contribution in [0, 0.1) is 5.92 Å². The van der Waals surface area contributed by atoms with Gasteiger partial charge in [-0.15, -0.1) is 0 Å². The highest BCUT2D eigenvalue weighted by Gasteiger charge is 2.27. The maximum Gasteiger partial charge on any atom is 0.288 e. The van der Waals surface area contributed by atoms with Gasteiger partial charge in [-0.2, -0.15) is 0 Å². The van der Waals surface area contributed by atoms with E-state index in [0.717, 1.165) is 41.1 Å². The number of carbonyl (C=O) groups is 2. The van der Waals surface area contributed by atoms with Crippen molar-refractivity contribution in [1.82, 2.24) is 10.0 Å². The van der Waals surface area contributed by atoms with Crippen LogP contribution in [0.5, 0.6) is 0 Å². The molecule has 1 aliphatic heterocycles. The summed E-state index contributed by atoms with van der Waals surface area (Å²) < 4.78 is 29.0. The minimum absolute atomic E-state index is 0.205. The Morgan fingerprint density at radius 3 is 2.53 bits per heavy atom. The summed E-state index contributed by atoms with van der Waals surface area (Å²) in [6, 6.07) is 6.42. The predicted octanol–water partition coefficient (Wildman–Crippen LogP) is 2.72. The third kappa shape index (κ3) is 6.12. The van der Waals surface area contributed by atoms with Gasteiger partial charge in [-0.1, -0.05) is 23.5 Å². The summed E-state index contributed by atoms with van der Waals surface area (Å²) in [7, 11) is -0.451. The molecule has 3 rings (SSSR count). The number of hydroxylamine groups is 2. The first-order chi connectivity index (χ1) is 15.2. The van der Waals surface area contributed by atoms with E-state index in [4.69, 9.17) is 9.57 Å². The number of nitrogens with one attached hydrogen (secondary N) is 1. The van der Waals surface area contributed by atoms with E-state index in [1.165, 1.54) is 32.5 Å². The smallest absolute Gasteiger partial charge is 0.288 e. The number of anilines is 1. The largest absolute Gasteiger partial charge is 0.381 e. The van der Waals surface area contributed by atoms with E-state index in [1.54, 1.807) is 12.1 Å². The second kappa shape index (κ2) is 10.5. The van der Waals surface area contributed by atoms with Crippen molar-refractivity contribution in [1.29, 1.82) is 0 Å². The van der Waals surface area contributed by atoms with Gasteiger partial charge in [0.2, 0.25) is 5.91 Å². The molecular formula is C21H27N3O6S2. The van der Waals surface area contributed by atoms with E-state index in [0.29, 0.717) is 35.6 Å². The van der Waals surface area contributed by atoms with Crippen molar-refractivity contribution in [3.63, 3.8) is 0 Å². The van der Waals surface area contributed by atoms with Crippen LogP contribution in [0.25, 0.3) is 0 Å². The Hall–Kier alpha value is -2.34. The zero-order valence-electron chi connectivity index (χ0n) is 18.2. The van der Waals surface area contributed by atoms with E-state index < -0.39 is 15.8 Å². The first kappa shape index (κ1) is 24.3. The zero-order valence-corrected chi connectivity index (χ0v) is 19.9. The summed E-state index contributed by atoms with van der Waals surface area (Å²) in [5.74, 6) is -0.785. The number of benzene rings is 1. The van der Waals surface area contributed by atoms with Crippen LogP contribution >= 0.6 is 11.3 Å². The molecule has 0 saturated carbocycles. The maximum absolute atomic E-state index is 13.2.